The first kappa shape index (κ1) is 11.9. The summed E-state index contributed by atoms with van der Waals surface area (Å²) in [6, 6.07) is 0. The Morgan fingerprint density at radius 1 is 1.46 bits per heavy atom. The smallest absolute Gasteiger partial charge is 0.333 e. The Morgan fingerprint density at radius 3 is 2.38 bits per heavy atom. The monoisotopic (exact) mass is 184 g/mol. The lowest BCUT2D eigenvalue weighted by Crippen LogP contribution is -2.13. The lowest BCUT2D eigenvalue weighted by Gasteiger charge is -2.08. The minimum Gasteiger partial charge on any atom is -0.463 e. The molecule has 0 aliphatic heterocycles. The summed E-state index contributed by atoms with van der Waals surface area (Å²) >= 11 is 0. The van der Waals surface area contributed by atoms with Crippen LogP contribution >= 0.6 is 0 Å². The number of carbonyl (C=O) groups excluding carboxylic acids is 2. The van der Waals surface area contributed by atoms with Crippen LogP contribution in [0.15, 0.2) is 12.2 Å². The largest absolute Gasteiger partial charge is 0.463 e. The van der Waals surface area contributed by atoms with E-state index in [4.69, 9.17) is 4.74 Å². The van der Waals surface area contributed by atoms with Gasteiger partial charge in [0.25, 0.3) is 0 Å². The van der Waals surface area contributed by atoms with Gasteiger partial charge >= 0.3 is 5.97 Å². The van der Waals surface area contributed by atoms with Crippen molar-refractivity contribution in [2.24, 2.45) is 5.92 Å². The topological polar surface area (TPSA) is 43.4 Å². The summed E-state index contributed by atoms with van der Waals surface area (Å²) in [5.74, 6) is -0.502. The summed E-state index contributed by atoms with van der Waals surface area (Å²) in [6.45, 7) is 8.92. The zero-order valence-corrected chi connectivity index (χ0v) is 8.42. The van der Waals surface area contributed by atoms with E-state index in [1.54, 1.807) is 13.8 Å². The molecule has 0 aliphatic rings. The Morgan fingerprint density at radius 2 is 2.00 bits per heavy atom. The van der Waals surface area contributed by atoms with Gasteiger partial charge in [0.05, 0.1) is 6.61 Å². The Labute approximate surface area is 78.8 Å². The Bertz CT molecular complexity index is 218. The second kappa shape index (κ2) is 5.51. The van der Waals surface area contributed by atoms with Crippen molar-refractivity contribution in [2.45, 2.75) is 27.2 Å². The molecule has 0 aromatic carbocycles. The van der Waals surface area contributed by atoms with E-state index in [0.717, 1.165) is 0 Å². The fourth-order valence-electron chi connectivity index (χ4n) is 0.830. The van der Waals surface area contributed by atoms with Crippen LogP contribution in [0.25, 0.3) is 0 Å². The quantitative estimate of drug-likeness (QED) is 0.482. The Kier molecular flexibility index (Phi) is 5.04. The third-order valence-corrected chi connectivity index (χ3v) is 1.81. The maximum atomic E-state index is 11.1. The third-order valence-electron chi connectivity index (χ3n) is 1.81. The lowest BCUT2D eigenvalue weighted by atomic mass is 9.99. The molecule has 3 heteroatoms. The van der Waals surface area contributed by atoms with Gasteiger partial charge in [0.1, 0.15) is 5.78 Å². The number of ketones is 1. The summed E-state index contributed by atoms with van der Waals surface area (Å²) in [5.41, 5.74) is 0.365. The molecule has 0 saturated heterocycles. The van der Waals surface area contributed by atoms with Crippen molar-refractivity contribution in [3.8, 4) is 0 Å². The lowest BCUT2D eigenvalue weighted by molar-refractivity contribution is -0.138. The second-order valence-electron chi connectivity index (χ2n) is 3.04. The molecular formula is C10H16O3. The maximum Gasteiger partial charge on any atom is 0.333 e. The van der Waals surface area contributed by atoms with Crippen LogP contribution in [0, 0.1) is 5.92 Å². The molecule has 13 heavy (non-hydrogen) atoms. The van der Waals surface area contributed by atoms with Crippen molar-refractivity contribution >= 4 is 11.8 Å². The SMILES string of the molecule is C=C(CC(C)C(C)=O)C(=O)OCC. The highest BCUT2D eigenvalue weighted by molar-refractivity contribution is 5.89. The minimum absolute atomic E-state index is 0.0606. The van der Waals surface area contributed by atoms with Crippen molar-refractivity contribution in [3.05, 3.63) is 12.2 Å². The predicted octanol–water partition coefficient (Wildman–Crippen LogP) is 1.72. The van der Waals surface area contributed by atoms with E-state index in [0.29, 0.717) is 18.6 Å². The van der Waals surface area contributed by atoms with Crippen molar-refractivity contribution in [1.29, 1.82) is 0 Å². The Hall–Kier alpha value is -1.12. The molecule has 0 fully saturated rings. The standard InChI is InChI=1S/C10H16O3/c1-5-13-10(12)8(3)6-7(2)9(4)11/h7H,3,5-6H2,1-2,4H3. The first-order valence-corrected chi connectivity index (χ1v) is 4.34. The van der Waals surface area contributed by atoms with Gasteiger partial charge in [-0.2, -0.15) is 0 Å². The molecule has 0 radical (unpaired) electrons. The van der Waals surface area contributed by atoms with E-state index in [1.807, 2.05) is 0 Å². The Balaban J connectivity index is 4.00. The number of hydrogen-bond acceptors (Lipinski definition) is 3. The van der Waals surface area contributed by atoms with Crippen LogP contribution in [0.2, 0.25) is 0 Å². The van der Waals surface area contributed by atoms with E-state index >= 15 is 0 Å². The number of carbonyl (C=O) groups is 2. The number of ether oxygens (including phenoxy) is 1. The zero-order valence-electron chi connectivity index (χ0n) is 8.42. The molecule has 0 aromatic rings. The van der Waals surface area contributed by atoms with E-state index in [9.17, 15) is 9.59 Å². The van der Waals surface area contributed by atoms with Crippen molar-refractivity contribution in [2.75, 3.05) is 6.61 Å². The van der Waals surface area contributed by atoms with Gasteiger partial charge in [-0.1, -0.05) is 13.5 Å². The second-order valence-corrected chi connectivity index (χ2v) is 3.04. The van der Waals surface area contributed by atoms with Gasteiger partial charge in [0.2, 0.25) is 0 Å². The van der Waals surface area contributed by atoms with E-state index < -0.39 is 5.97 Å². The summed E-state index contributed by atoms with van der Waals surface area (Å²) in [4.78, 5) is 21.9. The van der Waals surface area contributed by atoms with Gasteiger partial charge in [0, 0.05) is 11.5 Å². The van der Waals surface area contributed by atoms with Gasteiger partial charge in [-0.3, -0.25) is 4.79 Å². The summed E-state index contributed by atoms with van der Waals surface area (Å²) in [5, 5.41) is 0. The highest BCUT2D eigenvalue weighted by atomic mass is 16.5. The van der Waals surface area contributed by atoms with Crippen LogP contribution in [0.3, 0.4) is 0 Å². The van der Waals surface area contributed by atoms with Crippen LogP contribution in [-0.4, -0.2) is 18.4 Å². The fraction of sp³-hybridized carbons (Fsp3) is 0.600. The number of esters is 1. The molecule has 1 atom stereocenters. The summed E-state index contributed by atoms with van der Waals surface area (Å²) in [7, 11) is 0. The molecular weight excluding hydrogens is 168 g/mol. The molecule has 0 amide bonds. The highest BCUT2D eigenvalue weighted by Gasteiger charge is 2.14. The third kappa shape index (κ3) is 4.45. The number of rotatable bonds is 5. The molecule has 0 spiro atoms. The van der Waals surface area contributed by atoms with Crippen LogP contribution in [-0.2, 0) is 14.3 Å². The van der Waals surface area contributed by atoms with Crippen molar-refractivity contribution in [1.82, 2.24) is 0 Å². The van der Waals surface area contributed by atoms with E-state index in [1.165, 1.54) is 6.92 Å². The molecule has 1 unspecified atom stereocenters. The van der Waals surface area contributed by atoms with Crippen LogP contribution in [0.1, 0.15) is 27.2 Å². The van der Waals surface area contributed by atoms with Crippen molar-refractivity contribution < 1.29 is 14.3 Å². The van der Waals surface area contributed by atoms with Gasteiger partial charge in [-0.05, 0) is 20.3 Å². The van der Waals surface area contributed by atoms with Gasteiger partial charge < -0.3 is 4.74 Å². The average molecular weight is 184 g/mol. The molecule has 0 N–H and O–H groups in total. The van der Waals surface area contributed by atoms with Crippen LogP contribution in [0.5, 0.6) is 0 Å². The van der Waals surface area contributed by atoms with Crippen molar-refractivity contribution in [3.63, 3.8) is 0 Å². The molecule has 0 rings (SSSR count). The molecule has 0 aliphatic carbocycles. The molecule has 74 valence electrons. The van der Waals surface area contributed by atoms with E-state index in [2.05, 4.69) is 6.58 Å². The number of Topliss-reactive ketones (excluding diaryl/α,β-unsaturated/α-hetero) is 1. The normalized spacial score (nSPS) is 11.9. The summed E-state index contributed by atoms with van der Waals surface area (Å²) < 4.78 is 4.73. The van der Waals surface area contributed by atoms with Gasteiger partial charge in [0.15, 0.2) is 0 Å². The molecule has 0 saturated carbocycles. The first-order valence-electron chi connectivity index (χ1n) is 4.34. The highest BCUT2D eigenvalue weighted by Crippen LogP contribution is 2.11. The van der Waals surface area contributed by atoms with E-state index in [-0.39, 0.29) is 11.7 Å². The zero-order chi connectivity index (χ0) is 10.4. The van der Waals surface area contributed by atoms with Gasteiger partial charge in [-0.25, -0.2) is 4.79 Å². The fourth-order valence-corrected chi connectivity index (χ4v) is 0.830. The molecule has 0 heterocycles. The van der Waals surface area contributed by atoms with Crippen LogP contribution < -0.4 is 0 Å². The predicted molar refractivity (Wildman–Crippen MR) is 50.2 cm³/mol. The maximum absolute atomic E-state index is 11.1. The first-order chi connectivity index (χ1) is 5.99. The number of hydrogen-bond donors (Lipinski definition) is 0. The summed E-state index contributed by atoms with van der Waals surface area (Å²) in [6.07, 6.45) is 0.383. The minimum atomic E-state index is -0.407. The molecule has 3 nitrogen and oxygen atoms in total. The van der Waals surface area contributed by atoms with Gasteiger partial charge in [-0.15, -0.1) is 0 Å². The average Bonchev–Trinajstić information content (AvgIpc) is 2.04. The van der Waals surface area contributed by atoms with Crippen LogP contribution in [0.4, 0.5) is 0 Å². The molecule has 0 aromatic heterocycles. The molecule has 0 bridgehead atoms.